The standard InChI is InChI=1S/C13H24N2O3/c1-3-5-10(2)11-6-4-7-15(11)9-12(16)14-8-13(17)18/h10-11H,3-9H2,1-2H3,(H,14,16)(H,17,18)/t10-,11-/m0/s1. The Balaban J connectivity index is 2.39. The summed E-state index contributed by atoms with van der Waals surface area (Å²) in [4.78, 5) is 24.2. The number of carboxylic acid groups (broad SMARTS) is 1. The molecule has 1 fully saturated rings. The van der Waals surface area contributed by atoms with E-state index in [1.807, 2.05) is 0 Å². The van der Waals surface area contributed by atoms with E-state index in [1.165, 1.54) is 6.42 Å². The quantitative estimate of drug-likeness (QED) is 0.715. The van der Waals surface area contributed by atoms with Gasteiger partial charge in [0.05, 0.1) is 6.54 Å². The maximum absolute atomic E-state index is 11.6. The van der Waals surface area contributed by atoms with Gasteiger partial charge in [0.15, 0.2) is 0 Å². The topological polar surface area (TPSA) is 69.6 Å². The smallest absolute Gasteiger partial charge is 0.322 e. The van der Waals surface area contributed by atoms with Crippen molar-refractivity contribution in [2.45, 2.75) is 45.6 Å². The van der Waals surface area contributed by atoms with E-state index in [-0.39, 0.29) is 12.5 Å². The number of carbonyl (C=O) groups is 2. The highest BCUT2D eigenvalue weighted by Gasteiger charge is 2.29. The summed E-state index contributed by atoms with van der Waals surface area (Å²) in [5.74, 6) is -0.585. The molecule has 1 aliphatic rings. The van der Waals surface area contributed by atoms with Crippen molar-refractivity contribution in [3.8, 4) is 0 Å². The van der Waals surface area contributed by atoms with Crippen molar-refractivity contribution in [1.82, 2.24) is 10.2 Å². The molecule has 1 amide bonds. The molecule has 0 unspecified atom stereocenters. The lowest BCUT2D eigenvalue weighted by Gasteiger charge is -2.28. The van der Waals surface area contributed by atoms with Crippen molar-refractivity contribution in [1.29, 1.82) is 0 Å². The fraction of sp³-hybridized carbons (Fsp3) is 0.846. The molecular formula is C13H24N2O3. The van der Waals surface area contributed by atoms with E-state index < -0.39 is 5.97 Å². The molecule has 1 rings (SSSR count). The molecule has 0 aromatic rings. The van der Waals surface area contributed by atoms with Crippen molar-refractivity contribution in [2.24, 2.45) is 5.92 Å². The summed E-state index contributed by atoms with van der Waals surface area (Å²) in [5.41, 5.74) is 0. The monoisotopic (exact) mass is 256 g/mol. The van der Waals surface area contributed by atoms with Gasteiger partial charge in [-0.15, -0.1) is 0 Å². The molecule has 0 aliphatic carbocycles. The zero-order chi connectivity index (χ0) is 13.5. The van der Waals surface area contributed by atoms with E-state index in [0.29, 0.717) is 18.5 Å². The van der Waals surface area contributed by atoms with Crippen LogP contribution < -0.4 is 5.32 Å². The first-order valence-corrected chi connectivity index (χ1v) is 6.77. The van der Waals surface area contributed by atoms with E-state index in [2.05, 4.69) is 24.1 Å². The molecule has 2 atom stereocenters. The number of nitrogens with zero attached hydrogens (tertiary/aromatic N) is 1. The molecule has 0 aromatic heterocycles. The summed E-state index contributed by atoms with van der Waals surface area (Å²) in [6.45, 7) is 5.39. The normalized spacial score (nSPS) is 21.8. The SMILES string of the molecule is CCC[C@H](C)[C@@H]1CCCN1CC(=O)NCC(=O)O. The highest BCUT2D eigenvalue weighted by atomic mass is 16.4. The van der Waals surface area contributed by atoms with Gasteiger partial charge in [-0.2, -0.15) is 0 Å². The minimum atomic E-state index is -0.999. The maximum atomic E-state index is 11.6. The third-order valence-electron chi connectivity index (χ3n) is 3.60. The number of rotatable bonds is 7. The predicted octanol–water partition coefficient (Wildman–Crippen LogP) is 1.09. The van der Waals surface area contributed by atoms with Crippen LogP contribution in [0.5, 0.6) is 0 Å². The lowest BCUT2D eigenvalue weighted by molar-refractivity contribution is -0.138. The van der Waals surface area contributed by atoms with Gasteiger partial charge in [-0.1, -0.05) is 20.3 Å². The third-order valence-corrected chi connectivity index (χ3v) is 3.60. The van der Waals surface area contributed by atoms with E-state index in [0.717, 1.165) is 25.8 Å². The van der Waals surface area contributed by atoms with Gasteiger partial charge >= 0.3 is 5.97 Å². The van der Waals surface area contributed by atoms with Crippen LogP contribution in [0.25, 0.3) is 0 Å². The van der Waals surface area contributed by atoms with Crippen molar-refractivity contribution < 1.29 is 14.7 Å². The van der Waals surface area contributed by atoms with Crippen molar-refractivity contribution in [3.63, 3.8) is 0 Å². The minimum Gasteiger partial charge on any atom is -0.480 e. The van der Waals surface area contributed by atoms with Gasteiger partial charge in [-0.05, 0) is 31.7 Å². The largest absolute Gasteiger partial charge is 0.480 e. The Morgan fingerprint density at radius 1 is 1.50 bits per heavy atom. The first-order valence-electron chi connectivity index (χ1n) is 6.77. The number of carboxylic acids is 1. The van der Waals surface area contributed by atoms with Gasteiger partial charge in [0, 0.05) is 6.04 Å². The molecule has 1 aliphatic heterocycles. The minimum absolute atomic E-state index is 0.187. The highest BCUT2D eigenvalue weighted by molar-refractivity contribution is 5.82. The summed E-state index contributed by atoms with van der Waals surface area (Å²) < 4.78 is 0. The molecular weight excluding hydrogens is 232 g/mol. The van der Waals surface area contributed by atoms with Gasteiger partial charge in [-0.3, -0.25) is 14.5 Å². The van der Waals surface area contributed by atoms with Crippen molar-refractivity contribution in [3.05, 3.63) is 0 Å². The molecule has 0 spiro atoms. The van der Waals surface area contributed by atoms with Crippen LogP contribution in [-0.2, 0) is 9.59 Å². The van der Waals surface area contributed by atoms with Crippen LogP contribution in [0.15, 0.2) is 0 Å². The van der Waals surface area contributed by atoms with Gasteiger partial charge < -0.3 is 10.4 Å². The molecule has 0 bridgehead atoms. The summed E-state index contributed by atoms with van der Waals surface area (Å²) >= 11 is 0. The number of aliphatic carboxylic acids is 1. The lowest BCUT2D eigenvalue weighted by Crippen LogP contribution is -2.43. The zero-order valence-electron chi connectivity index (χ0n) is 11.3. The Labute approximate surface area is 109 Å². The molecule has 1 saturated heterocycles. The zero-order valence-corrected chi connectivity index (χ0v) is 11.3. The van der Waals surface area contributed by atoms with Crippen LogP contribution in [0.1, 0.15) is 39.5 Å². The van der Waals surface area contributed by atoms with E-state index in [4.69, 9.17) is 5.11 Å². The second-order valence-corrected chi connectivity index (χ2v) is 5.12. The molecule has 2 N–H and O–H groups in total. The molecule has 5 heteroatoms. The summed E-state index contributed by atoms with van der Waals surface area (Å²) in [6.07, 6.45) is 4.62. The lowest BCUT2D eigenvalue weighted by atomic mass is 9.95. The van der Waals surface area contributed by atoms with Crippen LogP contribution in [-0.4, -0.2) is 47.6 Å². The van der Waals surface area contributed by atoms with Gasteiger partial charge in [0.25, 0.3) is 0 Å². The Kier molecular flexibility index (Phi) is 6.12. The molecule has 0 aromatic carbocycles. The summed E-state index contributed by atoms with van der Waals surface area (Å²) in [5, 5.41) is 10.9. The number of carbonyl (C=O) groups excluding carboxylic acids is 1. The highest BCUT2D eigenvalue weighted by Crippen LogP contribution is 2.26. The first kappa shape index (κ1) is 15.0. The van der Waals surface area contributed by atoms with E-state index >= 15 is 0 Å². The number of amides is 1. The average molecular weight is 256 g/mol. The van der Waals surface area contributed by atoms with Crippen LogP contribution in [0.4, 0.5) is 0 Å². The fourth-order valence-corrected chi connectivity index (χ4v) is 2.75. The average Bonchev–Trinajstić information content (AvgIpc) is 2.75. The summed E-state index contributed by atoms with van der Waals surface area (Å²) in [6, 6.07) is 0.473. The second-order valence-electron chi connectivity index (χ2n) is 5.12. The van der Waals surface area contributed by atoms with Crippen molar-refractivity contribution >= 4 is 11.9 Å². The fourth-order valence-electron chi connectivity index (χ4n) is 2.75. The summed E-state index contributed by atoms with van der Waals surface area (Å²) in [7, 11) is 0. The molecule has 104 valence electrons. The number of hydrogen-bond donors (Lipinski definition) is 2. The maximum Gasteiger partial charge on any atom is 0.322 e. The van der Waals surface area contributed by atoms with Crippen LogP contribution >= 0.6 is 0 Å². The van der Waals surface area contributed by atoms with Gasteiger partial charge in [0.2, 0.25) is 5.91 Å². The first-order chi connectivity index (χ1) is 8.54. The van der Waals surface area contributed by atoms with E-state index in [1.54, 1.807) is 0 Å². The Morgan fingerprint density at radius 2 is 2.22 bits per heavy atom. The number of nitrogens with one attached hydrogen (secondary N) is 1. The van der Waals surface area contributed by atoms with Crippen LogP contribution in [0.2, 0.25) is 0 Å². The third kappa shape index (κ3) is 4.64. The Morgan fingerprint density at radius 3 is 2.83 bits per heavy atom. The van der Waals surface area contributed by atoms with Gasteiger partial charge in [0.1, 0.15) is 6.54 Å². The molecule has 5 nitrogen and oxygen atoms in total. The number of hydrogen-bond acceptors (Lipinski definition) is 3. The second kappa shape index (κ2) is 7.36. The molecule has 0 saturated carbocycles. The van der Waals surface area contributed by atoms with Crippen LogP contribution in [0, 0.1) is 5.92 Å². The Hall–Kier alpha value is -1.10. The molecule has 1 heterocycles. The van der Waals surface area contributed by atoms with E-state index in [9.17, 15) is 9.59 Å². The molecule has 18 heavy (non-hydrogen) atoms. The predicted molar refractivity (Wildman–Crippen MR) is 69.3 cm³/mol. The van der Waals surface area contributed by atoms with Gasteiger partial charge in [-0.25, -0.2) is 0 Å². The Bertz CT molecular complexity index is 294. The van der Waals surface area contributed by atoms with Crippen molar-refractivity contribution in [2.75, 3.05) is 19.6 Å². The van der Waals surface area contributed by atoms with Crippen LogP contribution in [0.3, 0.4) is 0 Å². The number of likely N-dealkylation sites (tertiary alicyclic amines) is 1. The molecule has 0 radical (unpaired) electrons.